The van der Waals surface area contributed by atoms with Gasteiger partial charge in [0.2, 0.25) is 0 Å². The Balaban J connectivity index is 1.50. The van der Waals surface area contributed by atoms with Crippen molar-refractivity contribution in [2.24, 2.45) is 0 Å². The number of fused-ring (bicyclic) bond motifs is 1. The summed E-state index contributed by atoms with van der Waals surface area (Å²) in [4.78, 5) is 35.8. The van der Waals surface area contributed by atoms with Gasteiger partial charge in [-0.15, -0.1) is 0 Å². The molecule has 194 valence electrons. The van der Waals surface area contributed by atoms with Crippen molar-refractivity contribution in [1.29, 1.82) is 0 Å². The Hall–Kier alpha value is -3.79. The molecular formula is C27H34N8O2. The maximum absolute atomic E-state index is 11.9. The van der Waals surface area contributed by atoms with Crippen LogP contribution in [0.5, 0.6) is 0 Å². The Morgan fingerprint density at radius 1 is 1.11 bits per heavy atom. The molecule has 2 aliphatic rings. The molecule has 2 amide bonds. The van der Waals surface area contributed by atoms with E-state index in [1.165, 1.54) is 5.56 Å². The monoisotopic (exact) mass is 502 g/mol. The van der Waals surface area contributed by atoms with Crippen LogP contribution in [0.15, 0.2) is 30.3 Å². The number of morpholine rings is 1. The molecule has 0 unspecified atom stereocenters. The first kappa shape index (κ1) is 24.9. The zero-order valence-electron chi connectivity index (χ0n) is 21.9. The summed E-state index contributed by atoms with van der Waals surface area (Å²) >= 11 is 0. The Morgan fingerprint density at radius 3 is 2.65 bits per heavy atom. The molecule has 0 spiro atoms. The van der Waals surface area contributed by atoms with Crippen LogP contribution in [-0.2, 0) is 17.7 Å². The maximum Gasteiger partial charge on any atom is 0.319 e. The number of aryl methyl sites for hydroxylation is 2. The minimum absolute atomic E-state index is 0.223. The highest BCUT2D eigenvalue weighted by atomic mass is 16.5. The lowest BCUT2D eigenvalue weighted by Gasteiger charge is -2.38. The number of ether oxygens (including phenoxy) is 1. The van der Waals surface area contributed by atoms with Crippen LogP contribution < -0.4 is 20.4 Å². The molecule has 5 rings (SSSR count). The number of rotatable bonds is 5. The van der Waals surface area contributed by atoms with Crippen LogP contribution in [0.25, 0.3) is 11.4 Å². The number of carbonyl (C=O) groups is 1. The van der Waals surface area contributed by atoms with E-state index in [4.69, 9.17) is 14.7 Å². The quantitative estimate of drug-likeness (QED) is 0.546. The predicted molar refractivity (Wildman–Crippen MR) is 144 cm³/mol. The molecule has 3 aromatic rings. The fourth-order valence-corrected chi connectivity index (χ4v) is 4.91. The third-order valence-corrected chi connectivity index (χ3v) is 6.70. The molecule has 2 aliphatic heterocycles. The summed E-state index contributed by atoms with van der Waals surface area (Å²) < 4.78 is 5.70. The van der Waals surface area contributed by atoms with Gasteiger partial charge in [0.1, 0.15) is 17.5 Å². The summed E-state index contributed by atoms with van der Waals surface area (Å²) in [5, 5.41) is 5.58. The van der Waals surface area contributed by atoms with E-state index >= 15 is 0 Å². The molecule has 1 atom stereocenters. The standard InChI is InChI=1S/C27H34N8O2/c1-5-28-27(36)31-21-8-6-20(7-9-21)25-32-23-15-34(24-14-17(2)29-19(4)30-24)11-10-22(23)26(33-25)35-12-13-37-16-18(35)3/h6-9,14,18H,5,10-13,15-16H2,1-4H3,(H2,28,31,36)/t18-/m0/s1. The van der Waals surface area contributed by atoms with E-state index in [0.717, 1.165) is 59.6 Å². The van der Waals surface area contributed by atoms with E-state index in [1.807, 2.05) is 51.1 Å². The van der Waals surface area contributed by atoms with E-state index in [0.29, 0.717) is 32.1 Å². The second-order valence-electron chi connectivity index (χ2n) is 9.56. The van der Waals surface area contributed by atoms with Crippen molar-refractivity contribution in [3.8, 4) is 11.4 Å². The van der Waals surface area contributed by atoms with Gasteiger partial charge in [0.15, 0.2) is 5.82 Å². The van der Waals surface area contributed by atoms with Gasteiger partial charge in [-0.05, 0) is 58.4 Å². The van der Waals surface area contributed by atoms with Gasteiger partial charge in [-0.25, -0.2) is 24.7 Å². The van der Waals surface area contributed by atoms with E-state index < -0.39 is 0 Å². The molecule has 1 fully saturated rings. The van der Waals surface area contributed by atoms with Crippen molar-refractivity contribution < 1.29 is 9.53 Å². The summed E-state index contributed by atoms with van der Waals surface area (Å²) in [6.45, 7) is 12.2. The number of amides is 2. The molecule has 10 nitrogen and oxygen atoms in total. The number of nitrogens with zero attached hydrogens (tertiary/aromatic N) is 6. The van der Waals surface area contributed by atoms with Crippen molar-refractivity contribution in [2.75, 3.05) is 48.0 Å². The number of hydrogen-bond acceptors (Lipinski definition) is 8. The van der Waals surface area contributed by atoms with Gasteiger partial charge in [0.05, 0.1) is 31.5 Å². The van der Waals surface area contributed by atoms with Crippen LogP contribution in [0.2, 0.25) is 0 Å². The Morgan fingerprint density at radius 2 is 1.92 bits per heavy atom. The van der Waals surface area contributed by atoms with Crippen molar-refractivity contribution >= 4 is 23.4 Å². The molecule has 0 radical (unpaired) electrons. The van der Waals surface area contributed by atoms with Crippen molar-refractivity contribution in [3.63, 3.8) is 0 Å². The van der Waals surface area contributed by atoms with Crippen LogP contribution >= 0.6 is 0 Å². The highest BCUT2D eigenvalue weighted by Gasteiger charge is 2.29. The van der Waals surface area contributed by atoms with Gasteiger partial charge in [-0.2, -0.15) is 0 Å². The van der Waals surface area contributed by atoms with Crippen LogP contribution in [0.3, 0.4) is 0 Å². The molecule has 1 aromatic carbocycles. The van der Waals surface area contributed by atoms with E-state index in [2.05, 4.69) is 37.3 Å². The van der Waals surface area contributed by atoms with Crippen LogP contribution in [0.4, 0.5) is 22.1 Å². The van der Waals surface area contributed by atoms with Gasteiger partial charge in [0.25, 0.3) is 0 Å². The molecule has 10 heteroatoms. The Kier molecular flexibility index (Phi) is 7.18. The van der Waals surface area contributed by atoms with Gasteiger partial charge < -0.3 is 25.2 Å². The lowest BCUT2D eigenvalue weighted by molar-refractivity contribution is 0.0984. The largest absolute Gasteiger partial charge is 0.377 e. The van der Waals surface area contributed by atoms with Gasteiger partial charge >= 0.3 is 6.03 Å². The third-order valence-electron chi connectivity index (χ3n) is 6.70. The van der Waals surface area contributed by atoms with Crippen LogP contribution in [-0.4, -0.2) is 64.9 Å². The van der Waals surface area contributed by atoms with Crippen LogP contribution in [0.1, 0.15) is 36.6 Å². The van der Waals surface area contributed by atoms with E-state index in [1.54, 1.807) is 0 Å². The number of urea groups is 1. The summed E-state index contributed by atoms with van der Waals surface area (Å²) in [5.74, 6) is 3.37. The first-order valence-electron chi connectivity index (χ1n) is 12.9. The first-order chi connectivity index (χ1) is 17.9. The molecule has 0 saturated carbocycles. The van der Waals surface area contributed by atoms with Crippen molar-refractivity contribution in [1.82, 2.24) is 25.3 Å². The van der Waals surface area contributed by atoms with E-state index in [-0.39, 0.29) is 12.1 Å². The number of nitrogens with one attached hydrogen (secondary N) is 2. The second-order valence-corrected chi connectivity index (χ2v) is 9.56. The molecule has 0 aliphatic carbocycles. The zero-order valence-corrected chi connectivity index (χ0v) is 21.9. The highest BCUT2D eigenvalue weighted by Crippen LogP contribution is 2.33. The summed E-state index contributed by atoms with van der Waals surface area (Å²) in [6.07, 6.45) is 0.840. The predicted octanol–water partition coefficient (Wildman–Crippen LogP) is 3.48. The maximum atomic E-state index is 11.9. The highest BCUT2D eigenvalue weighted by molar-refractivity contribution is 5.89. The average molecular weight is 503 g/mol. The second kappa shape index (κ2) is 10.7. The average Bonchev–Trinajstić information content (AvgIpc) is 2.88. The van der Waals surface area contributed by atoms with Gasteiger partial charge in [-0.3, -0.25) is 0 Å². The molecule has 4 heterocycles. The van der Waals surface area contributed by atoms with Gasteiger partial charge in [0, 0.05) is 48.2 Å². The minimum atomic E-state index is -0.223. The number of carbonyl (C=O) groups excluding carboxylic acids is 1. The summed E-state index contributed by atoms with van der Waals surface area (Å²) in [6, 6.07) is 9.70. The summed E-state index contributed by atoms with van der Waals surface area (Å²) in [7, 11) is 0. The fourth-order valence-electron chi connectivity index (χ4n) is 4.91. The Labute approximate surface area is 217 Å². The SMILES string of the molecule is CCNC(=O)Nc1ccc(-c2nc3c(c(N4CCOC[C@@H]4C)n2)CCN(c2cc(C)nc(C)n2)C3)cc1. The third kappa shape index (κ3) is 5.48. The first-order valence-corrected chi connectivity index (χ1v) is 12.9. The topological polar surface area (TPSA) is 108 Å². The fraction of sp³-hybridized carbons (Fsp3) is 0.444. The normalized spacial score (nSPS) is 17.4. The van der Waals surface area contributed by atoms with E-state index in [9.17, 15) is 4.79 Å². The smallest absolute Gasteiger partial charge is 0.319 e. The lowest BCUT2D eigenvalue weighted by Crippen LogP contribution is -2.45. The minimum Gasteiger partial charge on any atom is -0.377 e. The molecule has 1 saturated heterocycles. The number of anilines is 3. The van der Waals surface area contributed by atoms with Crippen molar-refractivity contribution in [2.45, 2.75) is 46.7 Å². The number of aromatic nitrogens is 4. The molecule has 2 N–H and O–H groups in total. The molecular weight excluding hydrogens is 468 g/mol. The zero-order chi connectivity index (χ0) is 25.9. The van der Waals surface area contributed by atoms with Crippen LogP contribution in [0, 0.1) is 13.8 Å². The summed E-state index contributed by atoms with van der Waals surface area (Å²) in [5.41, 5.74) is 4.79. The molecule has 37 heavy (non-hydrogen) atoms. The number of hydrogen-bond donors (Lipinski definition) is 2. The van der Waals surface area contributed by atoms with Gasteiger partial charge in [-0.1, -0.05) is 0 Å². The lowest BCUT2D eigenvalue weighted by atomic mass is 10.0. The Bertz CT molecular complexity index is 1260. The molecule has 2 aromatic heterocycles. The molecule has 0 bridgehead atoms. The number of benzene rings is 1. The van der Waals surface area contributed by atoms with Crippen molar-refractivity contribution in [3.05, 3.63) is 53.1 Å².